The molecule has 4 heteroatoms. The molecule has 1 N–H and O–H groups in total. The monoisotopic (exact) mass is 323 g/mol. The predicted molar refractivity (Wildman–Crippen MR) is 91.7 cm³/mol. The van der Waals surface area contributed by atoms with Crippen molar-refractivity contribution in [1.82, 2.24) is 5.32 Å². The van der Waals surface area contributed by atoms with Gasteiger partial charge >= 0.3 is 0 Å². The van der Waals surface area contributed by atoms with E-state index in [0.717, 1.165) is 35.5 Å². The maximum absolute atomic E-state index is 12.4. The van der Waals surface area contributed by atoms with E-state index in [0.29, 0.717) is 19.8 Å². The molecule has 0 fully saturated rings. The first-order valence-electron chi connectivity index (χ1n) is 8.58. The van der Waals surface area contributed by atoms with Gasteiger partial charge in [0.1, 0.15) is 13.2 Å². The van der Waals surface area contributed by atoms with Crippen LogP contribution in [-0.2, 0) is 19.4 Å². The van der Waals surface area contributed by atoms with Crippen LogP contribution in [0.15, 0.2) is 36.4 Å². The van der Waals surface area contributed by atoms with E-state index < -0.39 is 0 Å². The summed E-state index contributed by atoms with van der Waals surface area (Å²) in [4.78, 5) is 12.4. The average Bonchev–Trinajstić information content (AvgIpc) is 2.65. The molecule has 2 aromatic rings. The molecule has 0 bridgehead atoms. The van der Waals surface area contributed by atoms with Crippen molar-refractivity contribution in [3.8, 4) is 11.5 Å². The van der Waals surface area contributed by atoms with Crippen molar-refractivity contribution < 1.29 is 14.3 Å². The molecule has 0 saturated heterocycles. The van der Waals surface area contributed by atoms with Gasteiger partial charge in [0, 0.05) is 12.1 Å². The number of nitrogens with one attached hydrogen (secondary N) is 1. The zero-order chi connectivity index (χ0) is 16.4. The average molecular weight is 323 g/mol. The Kier molecular flexibility index (Phi) is 4.11. The number of carbonyl (C=O) groups excluding carboxylic acids is 1. The van der Waals surface area contributed by atoms with Gasteiger partial charge in [-0.1, -0.05) is 12.1 Å². The van der Waals surface area contributed by atoms with Crippen molar-refractivity contribution in [3.63, 3.8) is 0 Å². The number of carbonyl (C=O) groups is 1. The summed E-state index contributed by atoms with van der Waals surface area (Å²) < 4.78 is 11.1. The van der Waals surface area contributed by atoms with E-state index in [1.165, 1.54) is 24.0 Å². The van der Waals surface area contributed by atoms with Gasteiger partial charge in [-0.3, -0.25) is 4.79 Å². The minimum Gasteiger partial charge on any atom is -0.486 e. The summed E-state index contributed by atoms with van der Waals surface area (Å²) in [5.74, 6) is 1.49. The van der Waals surface area contributed by atoms with E-state index in [4.69, 9.17) is 9.47 Å². The van der Waals surface area contributed by atoms with E-state index in [2.05, 4.69) is 11.4 Å². The second-order valence-corrected chi connectivity index (χ2v) is 6.35. The molecule has 124 valence electrons. The van der Waals surface area contributed by atoms with E-state index in [1.54, 1.807) is 0 Å². The number of hydrogen-bond donors (Lipinski definition) is 1. The highest BCUT2D eigenvalue weighted by molar-refractivity contribution is 5.94. The van der Waals surface area contributed by atoms with Crippen molar-refractivity contribution in [2.24, 2.45) is 0 Å². The Morgan fingerprint density at radius 1 is 0.917 bits per heavy atom. The van der Waals surface area contributed by atoms with Crippen LogP contribution in [0.2, 0.25) is 0 Å². The Labute approximate surface area is 141 Å². The zero-order valence-electron chi connectivity index (χ0n) is 13.6. The fraction of sp³-hybridized carbons (Fsp3) is 0.350. The number of amides is 1. The largest absolute Gasteiger partial charge is 0.486 e. The first kappa shape index (κ1) is 15.1. The smallest absolute Gasteiger partial charge is 0.251 e. The molecule has 1 heterocycles. The summed E-state index contributed by atoms with van der Waals surface area (Å²) in [6.45, 7) is 1.63. The fourth-order valence-electron chi connectivity index (χ4n) is 3.36. The highest BCUT2D eigenvalue weighted by atomic mass is 16.6. The molecule has 2 aromatic carbocycles. The number of benzene rings is 2. The molecule has 0 aromatic heterocycles. The third-order valence-corrected chi connectivity index (χ3v) is 4.67. The molecule has 0 spiro atoms. The minimum absolute atomic E-state index is 0.0294. The van der Waals surface area contributed by atoms with Gasteiger partial charge in [-0.05, 0) is 66.6 Å². The topological polar surface area (TPSA) is 47.6 Å². The van der Waals surface area contributed by atoms with Crippen molar-refractivity contribution in [2.45, 2.75) is 32.2 Å². The lowest BCUT2D eigenvalue weighted by Crippen LogP contribution is -2.23. The Morgan fingerprint density at radius 3 is 2.58 bits per heavy atom. The van der Waals surface area contributed by atoms with E-state index >= 15 is 0 Å². The van der Waals surface area contributed by atoms with Crippen LogP contribution in [0.4, 0.5) is 0 Å². The molecule has 4 nitrogen and oxygen atoms in total. The number of fused-ring (bicyclic) bond motifs is 2. The van der Waals surface area contributed by atoms with Gasteiger partial charge in [0.2, 0.25) is 0 Å². The van der Waals surface area contributed by atoms with Gasteiger partial charge in [-0.2, -0.15) is 0 Å². The van der Waals surface area contributed by atoms with Gasteiger partial charge in [-0.15, -0.1) is 0 Å². The Bertz CT molecular complexity index is 769. The highest BCUT2D eigenvalue weighted by Crippen LogP contribution is 2.30. The Morgan fingerprint density at radius 2 is 1.71 bits per heavy atom. The van der Waals surface area contributed by atoms with Crippen LogP contribution < -0.4 is 14.8 Å². The van der Waals surface area contributed by atoms with Crippen LogP contribution in [0.3, 0.4) is 0 Å². The maximum atomic E-state index is 12.4. The van der Waals surface area contributed by atoms with E-state index in [1.807, 2.05) is 30.3 Å². The summed E-state index contributed by atoms with van der Waals surface area (Å²) in [5.41, 5.74) is 4.47. The van der Waals surface area contributed by atoms with Gasteiger partial charge in [0.15, 0.2) is 11.5 Å². The number of hydrogen-bond acceptors (Lipinski definition) is 3. The van der Waals surface area contributed by atoms with Crippen molar-refractivity contribution in [1.29, 1.82) is 0 Å². The molecule has 0 radical (unpaired) electrons. The lowest BCUT2D eigenvalue weighted by atomic mass is 9.90. The van der Waals surface area contributed by atoms with Crippen LogP contribution in [0.1, 0.15) is 39.9 Å². The first-order valence-corrected chi connectivity index (χ1v) is 8.58. The fourth-order valence-corrected chi connectivity index (χ4v) is 3.36. The lowest BCUT2D eigenvalue weighted by Gasteiger charge is -2.19. The molecule has 1 aliphatic heterocycles. The minimum atomic E-state index is -0.0294. The third kappa shape index (κ3) is 3.09. The quantitative estimate of drug-likeness (QED) is 0.943. The van der Waals surface area contributed by atoms with E-state index in [-0.39, 0.29) is 5.91 Å². The van der Waals surface area contributed by atoms with Crippen molar-refractivity contribution in [3.05, 3.63) is 58.7 Å². The Balaban J connectivity index is 1.43. The molecule has 0 atom stereocenters. The summed E-state index contributed by atoms with van der Waals surface area (Å²) in [6, 6.07) is 11.9. The molecule has 2 aliphatic rings. The van der Waals surface area contributed by atoms with Crippen LogP contribution in [0.5, 0.6) is 11.5 Å². The molecule has 0 unspecified atom stereocenters. The summed E-state index contributed by atoms with van der Waals surface area (Å²) >= 11 is 0. The summed E-state index contributed by atoms with van der Waals surface area (Å²) in [7, 11) is 0. The van der Waals surface area contributed by atoms with Gasteiger partial charge < -0.3 is 14.8 Å². The summed E-state index contributed by atoms with van der Waals surface area (Å²) in [5, 5.41) is 2.99. The van der Waals surface area contributed by atoms with Crippen molar-refractivity contribution >= 4 is 5.91 Å². The van der Waals surface area contributed by atoms with Crippen LogP contribution in [0.25, 0.3) is 0 Å². The second-order valence-electron chi connectivity index (χ2n) is 6.35. The third-order valence-electron chi connectivity index (χ3n) is 4.67. The van der Waals surface area contributed by atoms with Crippen molar-refractivity contribution in [2.75, 3.05) is 13.2 Å². The van der Waals surface area contributed by atoms with Crippen LogP contribution in [0, 0.1) is 0 Å². The van der Waals surface area contributed by atoms with E-state index in [9.17, 15) is 4.79 Å². The van der Waals surface area contributed by atoms with Gasteiger partial charge in [0.25, 0.3) is 5.91 Å². The standard InChI is InChI=1S/C20H21NO3/c22-20(17-7-6-15-3-1-2-4-16(15)12-17)21-13-14-5-8-18-19(11-14)24-10-9-23-18/h5-8,11-12H,1-4,9-10,13H2,(H,21,22). The molecular weight excluding hydrogens is 302 g/mol. The number of aryl methyl sites for hydroxylation is 2. The summed E-state index contributed by atoms with van der Waals surface area (Å²) in [6.07, 6.45) is 4.69. The highest BCUT2D eigenvalue weighted by Gasteiger charge is 2.14. The van der Waals surface area contributed by atoms with Crippen LogP contribution >= 0.6 is 0 Å². The van der Waals surface area contributed by atoms with Gasteiger partial charge in [0.05, 0.1) is 0 Å². The maximum Gasteiger partial charge on any atom is 0.251 e. The molecule has 0 saturated carbocycles. The SMILES string of the molecule is O=C(NCc1ccc2c(c1)OCCO2)c1ccc2c(c1)CCCC2. The predicted octanol–water partition coefficient (Wildman–Crippen LogP) is 3.27. The molecule has 24 heavy (non-hydrogen) atoms. The second kappa shape index (κ2) is 6.56. The Hall–Kier alpha value is -2.49. The number of ether oxygens (including phenoxy) is 2. The molecule has 1 amide bonds. The zero-order valence-corrected chi connectivity index (χ0v) is 13.6. The lowest BCUT2D eigenvalue weighted by molar-refractivity contribution is 0.0950. The normalized spacial score (nSPS) is 15.5. The van der Waals surface area contributed by atoms with Gasteiger partial charge in [-0.25, -0.2) is 0 Å². The van der Waals surface area contributed by atoms with Crippen LogP contribution in [-0.4, -0.2) is 19.1 Å². The molecular formula is C20H21NO3. The molecule has 1 aliphatic carbocycles. The number of rotatable bonds is 3. The first-order chi connectivity index (χ1) is 11.8. The molecule has 4 rings (SSSR count).